The molecule has 4 saturated carbocycles. The Balaban J connectivity index is 1.35. The number of carbonyl (C=O) groups is 2. The zero-order valence-corrected chi connectivity index (χ0v) is 17.6. The van der Waals surface area contributed by atoms with Gasteiger partial charge in [0.05, 0.1) is 0 Å². The molecule has 0 aliphatic heterocycles. The molecule has 2 atom stereocenters. The smallest absolute Gasteiger partial charge is 0.407 e. The summed E-state index contributed by atoms with van der Waals surface area (Å²) in [5.41, 5.74) is 0.285. The third-order valence-electron chi connectivity index (χ3n) is 6.54. The van der Waals surface area contributed by atoms with E-state index in [1.165, 1.54) is 0 Å². The zero-order chi connectivity index (χ0) is 20.6. The van der Waals surface area contributed by atoms with Crippen molar-refractivity contribution < 1.29 is 19.1 Å². The van der Waals surface area contributed by atoms with Crippen LogP contribution >= 0.6 is 0 Å². The van der Waals surface area contributed by atoms with Crippen molar-refractivity contribution in [1.82, 2.24) is 10.6 Å². The number of hydrogen-bond donors (Lipinski definition) is 2. The highest BCUT2D eigenvalue weighted by Crippen LogP contribution is 2.55. The van der Waals surface area contributed by atoms with Crippen LogP contribution in [0.4, 0.5) is 9.59 Å². The zero-order valence-electron chi connectivity index (χ0n) is 17.6. The molecule has 29 heavy (non-hydrogen) atoms. The topological polar surface area (TPSA) is 76.7 Å². The molecule has 6 heteroatoms. The number of nitrogens with one attached hydrogen (secondary N) is 2. The van der Waals surface area contributed by atoms with Crippen LogP contribution in [0, 0.1) is 17.8 Å². The van der Waals surface area contributed by atoms with E-state index in [2.05, 4.69) is 10.6 Å². The number of hydrogen-bond acceptors (Lipinski definition) is 4. The van der Waals surface area contributed by atoms with Gasteiger partial charge in [-0.15, -0.1) is 0 Å². The van der Waals surface area contributed by atoms with Gasteiger partial charge >= 0.3 is 12.2 Å². The number of rotatable bonds is 4. The van der Waals surface area contributed by atoms with E-state index in [0.29, 0.717) is 17.8 Å². The van der Waals surface area contributed by atoms with Gasteiger partial charge in [0.1, 0.15) is 12.2 Å². The quantitative estimate of drug-likeness (QED) is 0.786. The average Bonchev–Trinajstić information content (AvgIpc) is 2.61. The fourth-order valence-electron chi connectivity index (χ4n) is 5.83. The molecule has 0 spiro atoms. The van der Waals surface area contributed by atoms with E-state index in [1.807, 2.05) is 51.1 Å². The SMILES string of the molecule is CC(C)(C)OC(=O)NC1C2CC3CC1CC(NC(=O)OCc1ccccc1)(C3)C2. The van der Waals surface area contributed by atoms with Crippen LogP contribution in [0.1, 0.15) is 58.4 Å². The molecule has 2 unspecified atom stereocenters. The molecule has 0 radical (unpaired) electrons. The van der Waals surface area contributed by atoms with E-state index in [1.54, 1.807) is 0 Å². The maximum Gasteiger partial charge on any atom is 0.407 e. The highest BCUT2D eigenvalue weighted by molar-refractivity contribution is 5.69. The van der Waals surface area contributed by atoms with Crippen molar-refractivity contribution in [2.75, 3.05) is 0 Å². The Bertz CT molecular complexity index is 742. The largest absolute Gasteiger partial charge is 0.445 e. The van der Waals surface area contributed by atoms with Crippen molar-refractivity contribution in [3.05, 3.63) is 35.9 Å². The van der Waals surface area contributed by atoms with Crippen molar-refractivity contribution >= 4 is 12.2 Å². The standard InChI is InChI=1S/C23H32N2O4/c1-22(2,3)29-20(26)24-19-17-9-16-10-18(19)13-23(11-16,12-17)25-21(27)28-14-15-7-5-4-6-8-15/h4-8,16-19H,9-14H2,1-3H3,(H,24,26)(H,25,27). The van der Waals surface area contributed by atoms with E-state index < -0.39 is 5.60 Å². The van der Waals surface area contributed by atoms with Crippen LogP contribution < -0.4 is 10.6 Å². The Morgan fingerprint density at radius 1 is 1.03 bits per heavy atom. The van der Waals surface area contributed by atoms with E-state index in [4.69, 9.17) is 9.47 Å². The lowest BCUT2D eigenvalue weighted by atomic mass is 9.51. The van der Waals surface area contributed by atoms with Gasteiger partial charge in [-0.2, -0.15) is 0 Å². The van der Waals surface area contributed by atoms with Crippen LogP contribution in [-0.4, -0.2) is 29.4 Å². The Hall–Kier alpha value is -2.24. The molecule has 1 aromatic carbocycles. The molecular formula is C23H32N2O4. The van der Waals surface area contributed by atoms with Gasteiger partial charge in [-0.05, 0) is 76.2 Å². The van der Waals surface area contributed by atoms with Gasteiger partial charge in [-0.3, -0.25) is 0 Å². The molecular weight excluding hydrogens is 368 g/mol. The van der Waals surface area contributed by atoms with Crippen molar-refractivity contribution in [2.45, 2.75) is 76.7 Å². The van der Waals surface area contributed by atoms with Crippen LogP contribution in [-0.2, 0) is 16.1 Å². The fourth-order valence-corrected chi connectivity index (χ4v) is 5.83. The van der Waals surface area contributed by atoms with Crippen molar-refractivity contribution in [3.8, 4) is 0 Å². The van der Waals surface area contributed by atoms with Crippen LogP contribution in [0.5, 0.6) is 0 Å². The molecule has 6 nitrogen and oxygen atoms in total. The van der Waals surface area contributed by atoms with Gasteiger partial charge in [-0.25, -0.2) is 9.59 Å². The van der Waals surface area contributed by atoms with Crippen LogP contribution in [0.25, 0.3) is 0 Å². The van der Waals surface area contributed by atoms with E-state index in [0.717, 1.165) is 37.7 Å². The molecule has 2 N–H and O–H groups in total. The van der Waals surface area contributed by atoms with Crippen LogP contribution in [0.15, 0.2) is 30.3 Å². The predicted octanol–water partition coefficient (Wildman–Crippen LogP) is 4.38. The van der Waals surface area contributed by atoms with Crippen LogP contribution in [0.3, 0.4) is 0 Å². The lowest BCUT2D eigenvalue weighted by molar-refractivity contribution is -0.0480. The summed E-state index contributed by atoms with van der Waals surface area (Å²) in [7, 11) is 0. The second-order valence-electron chi connectivity index (χ2n) is 10.1. The van der Waals surface area contributed by atoms with E-state index in [-0.39, 0.29) is 30.4 Å². The Morgan fingerprint density at radius 3 is 2.31 bits per heavy atom. The highest BCUT2D eigenvalue weighted by Gasteiger charge is 2.56. The summed E-state index contributed by atoms with van der Waals surface area (Å²) < 4.78 is 10.9. The average molecular weight is 401 g/mol. The molecule has 1 aromatic rings. The molecule has 4 aliphatic carbocycles. The van der Waals surface area contributed by atoms with Gasteiger partial charge in [0.15, 0.2) is 0 Å². The van der Waals surface area contributed by atoms with Crippen molar-refractivity contribution in [3.63, 3.8) is 0 Å². The fraction of sp³-hybridized carbons (Fsp3) is 0.652. The third kappa shape index (κ3) is 4.68. The number of ether oxygens (including phenoxy) is 2. The van der Waals surface area contributed by atoms with Gasteiger partial charge in [0.25, 0.3) is 0 Å². The summed E-state index contributed by atoms with van der Waals surface area (Å²) >= 11 is 0. The van der Waals surface area contributed by atoms with Gasteiger partial charge < -0.3 is 20.1 Å². The minimum absolute atomic E-state index is 0.136. The maximum absolute atomic E-state index is 12.5. The molecule has 5 rings (SSSR count). The molecule has 4 fully saturated rings. The molecule has 4 aliphatic rings. The summed E-state index contributed by atoms with van der Waals surface area (Å²) in [6.07, 6.45) is 4.34. The predicted molar refractivity (Wildman–Crippen MR) is 109 cm³/mol. The second-order valence-corrected chi connectivity index (χ2v) is 10.1. The number of carbonyl (C=O) groups excluding carboxylic acids is 2. The first-order valence-corrected chi connectivity index (χ1v) is 10.7. The Morgan fingerprint density at radius 2 is 1.69 bits per heavy atom. The monoisotopic (exact) mass is 400 g/mol. The van der Waals surface area contributed by atoms with Crippen molar-refractivity contribution in [2.24, 2.45) is 17.8 Å². The van der Waals surface area contributed by atoms with E-state index >= 15 is 0 Å². The summed E-state index contributed by atoms with van der Waals surface area (Å²) in [5, 5.41) is 6.33. The Labute approximate surface area is 172 Å². The minimum Gasteiger partial charge on any atom is -0.445 e. The molecule has 0 aromatic heterocycles. The molecule has 4 bridgehead atoms. The lowest BCUT2D eigenvalue weighted by Crippen LogP contribution is -2.66. The minimum atomic E-state index is -0.499. The van der Waals surface area contributed by atoms with E-state index in [9.17, 15) is 9.59 Å². The molecule has 2 amide bonds. The molecule has 0 heterocycles. The first-order valence-electron chi connectivity index (χ1n) is 10.7. The number of benzene rings is 1. The van der Waals surface area contributed by atoms with Crippen molar-refractivity contribution in [1.29, 1.82) is 0 Å². The van der Waals surface area contributed by atoms with Gasteiger partial charge in [0, 0.05) is 11.6 Å². The molecule has 0 saturated heterocycles. The second kappa shape index (κ2) is 7.54. The first-order chi connectivity index (χ1) is 13.7. The number of alkyl carbamates (subject to hydrolysis) is 2. The normalized spacial score (nSPS) is 32.5. The maximum atomic E-state index is 12.5. The van der Waals surface area contributed by atoms with Gasteiger partial charge in [-0.1, -0.05) is 30.3 Å². The third-order valence-corrected chi connectivity index (χ3v) is 6.54. The summed E-state index contributed by atoms with van der Waals surface area (Å²) in [6.45, 7) is 5.91. The van der Waals surface area contributed by atoms with Gasteiger partial charge in [0.2, 0.25) is 0 Å². The first kappa shape index (κ1) is 20.0. The summed E-state index contributed by atoms with van der Waals surface area (Å²) in [6, 6.07) is 9.86. The molecule has 158 valence electrons. The summed E-state index contributed by atoms with van der Waals surface area (Å²) in [5.74, 6) is 1.37. The van der Waals surface area contributed by atoms with Crippen LogP contribution in [0.2, 0.25) is 0 Å². The summed E-state index contributed by atoms with van der Waals surface area (Å²) in [4.78, 5) is 24.8. The number of amides is 2. The highest BCUT2D eigenvalue weighted by atomic mass is 16.6. The lowest BCUT2D eigenvalue weighted by Gasteiger charge is -2.59. The Kier molecular flexibility index (Phi) is 5.21.